The Bertz CT molecular complexity index is 289. The van der Waals surface area contributed by atoms with E-state index in [1.807, 2.05) is 6.92 Å². The quantitative estimate of drug-likeness (QED) is 0.698. The molecule has 0 heterocycles. The van der Waals surface area contributed by atoms with Crippen molar-refractivity contribution in [2.24, 2.45) is 0 Å². The molecule has 0 aliphatic rings. The fourth-order valence-electron chi connectivity index (χ4n) is 0.966. The van der Waals surface area contributed by atoms with Crippen LogP contribution >= 0.6 is 15.9 Å². The van der Waals surface area contributed by atoms with Crippen LogP contribution < -0.4 is 0 Å². The molecule has 0 saturated heterocycles. The summed E-state index contributed by atoms with van der Waals surface area (Å²) in [4.78, 5) is 13.2. The minimum Gasteiger partial charge on any atom is -0.341 e. The van der Waals surface area contributed by atoms with Crippen molar-refractivity contribution in [3.8, 4) is 0 Å². The molecule has 0 aromatic carbocycles. The second kappa shape index (κ2) is 5.70. The molecule has 0 radical (unpaired) electrons. The molecule has 0 fully saturated rings. The number of rotatable bonds is 5. The molecule has 0 saturated carbocycles. The van der Waals surface area contributed by atoms with Crippen molar-refractivity contribution in [1.82, 2.24) is 4.90 Å². The Morgan fingerprint density at radius 1 is 1.50 bits per heavy atom. The molecule has 6 heteroatoms. The number of carbonyl (C=O) groups excluding carboxylic acids is 1. The lowest BCUT2D eigenvalue weighted by Crippen LogP contribution is -2.42. The fourth-order valence-corrected chi connectivity index (χ4v) is 1.91. The predicted molar refractivity (Wildman–Crippen MR) is 60.4 cm³/mol. The number of alkyl halides is 1. The van der Waals surface area contributed by atoms with Crippen molar-refractivity contribution in [1.29, 1.82) is 0 Å². The summed E-state index contributed by atoms with van der Waals surface area (Å²) in [5.41, 5.74) is 0. The minimum atomic E-state index is -3.28. The van der Waals surface area contributed by atoms with E-state index < -0.39 is 15.1 Å². The first-order chi connectivity index (χ1) is 6.34. The van der Waals surface area contributed by atoms with Crippen molar-refractivity contribution in [3.05, 3.63) is 0 Å². The van der Waals surface area contributed by atoms with E-state index in [2.05, 4.69) is 15.9 Å². The van der Waals surface area contributed by atoms with Crippen molar-refractivity contribution >= 4 is 31.7 Å². The van der Waals surface area contributed by atoms with Gasteiger partial charge in [0.1, 0.15) is 5.25 Å². The summed E-state index contributed by atoms with van der Waals surface area (Å²) in [5, 5.41) is -0.287. The van der Waals surface area contributed by atoms with Crippen LogP contribution in [-0.4, -0.2) is 49.2 Å². The van der Waals surface area contributed by atoms with Gasteiger partial charge >= 0.3 is 0 Å². The van der Waals surface area contributed by atoms with E-state index >= 15 is 0 Å². The monoisotopic (exact) mass is 285 g/mol. The second-order valence-corrected chi connectivity index (χ2v) is 6.24. The van der Waals surface area contributed by atoms with Gasteiger partial charge in [-0.1, -0.05) is 15.9 Å². The van der Waals surface area contributed by atoms with Crippen molar-refractivity contribution < 1.29 is 13.2 Å². The number of hydrogen-bond donors (Lipinski definition) is 0. The van der Waals surface area contributed by atoms with Crippen LogP contribution in [0, 0.1) is 0 Å². The van der Waals surface area contributed by atoms with Crippen LogP contribution in [0.1, 0.15) is 13.8 Å². The van der Waals surface area contributed by atoms with Gasteiger partial charge in [0, 0.05) is 24.7 Å². The summed E-state index contributed by atoms with van der Waals surface area (Å²) >= 11 is 3.22. The molecule has 0 N–H and O–H groups in total. The number of nitrogens with zero attached hydrogens (tertiary/aromatic N) is 1. The summed E-state index contributed by atoms with van der Waals surface area (Å²) in [7, 11) is -3.28. The number of carbonyl (C=O) groups is 1. The summed E-state index contributed by atoms with van der Waals surface area (Å²) < 4.78 is 22.3. The first-order valence-corrected chi connectivity index (χ1v) is 7.45. The highest BCUT2D eigenvalue weighted by Gasteiger charge is 2.26. The lowest BCUT2D eigenvalue weighted by molar-refractivity contribution is -0.129. The SMILES string of the molecule is CCN(CCBr)C(=O)C(C)S(C)(=O)=O. The van der Waals surface area contributed by atoms with Crippen molar-refractivity contribution in [2.75, 3.05) is 24.7 Å². The topological polar surface area (TPSA) is 54.5 Å². The van der Waals surface area contributed by atoms with Crippen LogP contribution in [0.15, 0.2) is 0 Å². The van der Waals surface area contributed by atoms with E-state index in [9.17, 15) is 13.2 Å². The van der Waals surface area contributed by atoms with E-state index in [4.69, 9.17) is 0 Å². The van der Waals surface area contributed by atoms with Gasteiger partial charge in [0.05, 0.1) is 0 Å². The third-order valence-electron chi connectivity index (χ3n) is 2.04. The van der Waals surface area contributed by atoms with Gasteiger partial charge in [0.2, 0.25) is 5.91 Å². The molecule has 0 aromatic rings. The fraction of sp³-hybridized carbons (Fsp3) is 0.875. The molecule has 0 aromatic heterocycles. The Morgan fingerprint density at radius 3 is 2.29 bits per heavy atom. The van der Waals surface area contributed by atoms with Gasteiger partial charge in [-0.05, 0) is 13.8 Å². The number of halogens is 1. The van der Waals surface area contributed by atoms with Gasteiger partial charge in [0.15, 0.2) is 9.84 Å². The normalized spacial score (nSPS) is 13.7. The highest BCUT2D eigenvalue weighted by atomic mass is 79.9. The maximum atomic E-state index is 11.6. The van der Waals surface area contributed by atoms with Gasteiger partial charge in [-0.2, -0.15) is 0 Å². The number of amides is 1. The van der Waals surface area contributed by atoms with Crippen LogP contribution in [0.3, 0.4) is 0 Å². The highest BCUT2D eigenvalue weighted by Crippen LogP contribution is 2.04. The average Bonchev–Trinajstić information content (AvgIpc) is 2.10. The molecule has 84 valence electrons. The Labute approximate surface area is 93.7 Å². The Hall–Kier alpha value is -0.100. The Balaban J connectivity index is 4.59. The molecule has 4 nitrogen and oxygen atoms in total. The number of sulfone groups is 1. The molecule has 1 atom stereocenters. The smallest absolute Gasteiger partial charge is 0.240 e. The maximum Gasteiger partial charge on any atom is 0.240 e. The molecule has 0 aliphatic heterocycles. The number of hydrogen-bond acceptors (Lipinski definition) is 3. The lowest BCUT2D eigenvalue weighted by Gasteiger charge is -2.22. The zero-order chi connectivity index (χ0) is 11.4. The third kappa shape index (κ3) is 3.96. The van der Waals surface area contributed by atoms with Crippen LogP contribution in [0.4, 0.5) is 0 Å². The maximum absolute atomic E-state index is 11.6. The summed E-state index contributed by atoms with van der Waals surface area (Å²) in [5.74, 6) is -0.325. The molecule has 1 unspecified atom stereocenters. The molecule has 0 aliphatic carbocycles. The van der Waals surface area contributed by atoms with Gasteiger partial charge in [0.25, 0.3) is 0 Å². The third-order valence-corrected chi connectivity index (χ3v) is 3.88. The Morgan fingerprint density at radius 2 is 2.00 bits per heavy atom. The van der Waals surface area contributed by atoms with E-state index in [0.29, 0.717) is 18.4 Å². The van der Waals surface area contributed by atoms with E-state index in [0.717, 1.165) is 6.26 Å². The minimum absolute atomic E-state index is 0.325. The predicted octanol–water partition coefficient (Wildman–Crippen LogP) is 0.663. The zero-order valence-corrected chi connectivity index (χ0v) is 11.1. The summed E-state index contributed by atoms with van der Waals surface area (Å²) in [6.45, 7) is 4.32. The molecule has 0 bridgehead atoms. The summed E-state index contributed by atoms with van der Waals surface area (Å²) in [6, 6.07) is 0. The van der Waals surface area contributed by atoms with Crippen LogP contribution in [0.2, 0.25) is 0 Å². The average molecular weight is 286 g/mol. The van der Waals surface area contributed by atoms with Crippen molar-refractivity contribution in [3.63, 3.8) is 0 Å². The highest BCUT2D eigenvalue weighted by molar-refractivity contribution is 9.09. The summed E-state index contributed by atoms with van der Waals surface area (Å²) in [6.07, 6.45) is 1.08. The van der Waals surface area contributed by atoms with Crippen LogP contribution in [0.25, 0.3) is 0 Å². The molecule has 14 heavy (non-hydrogen) atoms. The molecule has 0 spiro atoms. The molecule has 0 rings (SSSR count). The molecular formula is C8H16BrNO3S. The first kappa shape index (κ1) is 13.9. The van der Waals surface area contributed by atoms with E-state index in [1.165, 1.54) is 11.8 Å². The lowest BCUT2D eigenvalue weighted by atomic mass is 10.4. The van der Waals surface area contributed by atoms with Gasteiger partial charge in [-0.25, -0.2) is 8.42 Å². The van der Waals surface area contributed by atoms with Crippen LogP contribution in [0.5, 0.6) is 0 Å². The van der Waals surface area contributed by atoms with E-state index in [-0.39, 0.29) is 5.91 Å². The van der Waals surface area contributed by atoms with E-state index in [1.54, 1.807) is 0 Å². The van der Waals surface area contributed by atoms with Crippen molar-refractivity contribution in [2.45, 2.75) is 19.1 Å². The standard InChI is InChI=1S/C8H16BrNO3S/c1-4-10(6-5-9)8(11)7(2)14(3,12)13/h7H,4-6H2,1-3H3. The second-order valence-electron chi connectivity index (χ2n) is 3.08. The van der Waals surface area contributed by atoms with Crippen LogP contribution in [-0.2, 0) is 14.6 Å². The first-order valence-electron chi connectivity index (χ1n) is 4.38. The van der Waals surface area contributed by atoms with Gasteiger partial charge < -0.3 is 4.90 Å². The molecular weight excluding hydrogens is 270 g/mol. The van der Waals surface area contributed by atoms with Gasteiger partial charge in [-0.15, -0.1) is 0 Å². The van der Waals surface area contributed by atoms with Gasteiger partial charge in [-0.3, -0.25) is 4.79 Å². The zero-order valence-electron chi connectivity index (χ0n) is 8.66. The Kier molecular flexibility index (Phi) is 5.66. The molecule has 1 amide bonds. The largest absolute Gasteiger partial charge is 0.341 e.